The first-order valence-electron chi connectivity index (χ1n) is 6.96. The summed E-state index contributed by atoms with van der Waals surface area (Å²) >= 11 is 5.69. The first kappa shape index (κ1) is 15.8. The van der Waals surface area contributed by atoms with Crippen LogP contribution in [-0.2, 0) is 0 Å². The van der Waals surface area contributed by atoms with Gasteiger partial charge in [0.15, 0.2) is 0 Å². The van der Waals surface area contributed by atoms with Gasteiger partial charge in [-0.15, -0.1) is 0 Å². The third-order valence-electron chi connectivity index (χ3n) is 3.05. The van der Waals surface area contributed by atoms with E-state index in [0.717, 1.165) is 5.56 Å². The van der Waals surface area contributed by atoms with E-state index >= 15 is 0 Å². The zero-order chi connectivity index (χ0) is 15.2. The minimum Gasteiger partial charge on any atom is -0.484 e. The molecule has 0 aliphatic carbocycles. The van der Waals surface area contributed by atoms with Crippen LogP contribution in [0.25, 0.3) is 0 Å². The van der Waals surface area contributed by atoms with E-state index in [1.807, 2.05) is 30.3 Å². The Labute approximate surface area is 129 Å². The molecule has 0 heterocycles. The Bertz CT molecular complexity index is 574. The van der Waals surface area contributed by atoms with Crippen LogP contribution in [0.2, 0.25) is 5.02 Å². The first-order chi connectivity index (χ1) is 10.1. The Morgan fingerprint density at radius 1 is 1.14 bits per heavy atom. The molecule has 0 aliphatic rings. The first-order valence-corrected chi connectivity index (χ1v) is 7.34. The minimum atomic E-state index is -0.474. The standard InChI is InChI=1S/C17H19ClFNO/c1-12(2)20-11-17(13-6-4-3-5-7-13)21-14-8-9-15(18)16(19)10-14/h3-10,12,17,20H,11H2,1-2H3. The van der Waals surface area contributed by atoms with Crippen molar-refractivity contribution in [2.24, 2.45) is 0 Å². The van der Waals surface area contributed by atoms with Crippen molar-refractivity contribution in [3.8, 4) is 5.75 Å². The van der Waals surface area contributed by atoms with Gasteiger partial charge in [-0.1, -0.05) is 55.8 Å². The van der Waals surface area contributed by atoms with E-state index in [4.69, 9.17) is 16.3 Å². The quantitative estimate of drug-likeness (QED) is 0.842. The monoisotopic (exact) mass is 307 g/mol. The molecule has 2 nitrogen and oxygen atoms in total. The van der Waals surface area contributed by atoms with Gasteiger partial charge in [0.25, 0.3) is 0 Å². The van der Waals surface area contributed by atoms with Gasteiger partial charge >= 0.3 is 0 Å². The van der Waals surface area contributed by atoms with Crippen molar-refractivity contribution < 1.29 is 9.13 Å². The van der Waals surface area contributed by atoms with E-state index in [2.05, 4.69) is 19.2 Å². The van der Waals surface area contributed by atoms with Crippen LogP contribution < -0.4 is 10.1 Å². The summed E-state index contributed by atoms with van der Waals surface area (Å²) < 4.78 is 19.4. The topological polar surface area (TPSA) is 21.3 Å². The van der Waals surface area contributed by atoms with Crippen molar-refractivity contribution >= 4 is 11.6 Å². The van der Waals surface area contributed by atoms with Gasteiger partial charge in [-0.05, 0) is 17.7 Å². The van der Waals surface area contributed by atoms with E-state index in [1.165, 1.54) is 12.1 Å². The van der Waals surface area contributed by atoms with Gasteiger partial charge < -0.3 is 10.1 Å². The second-order valence-corrected chi connectivity index (χ2v) is 5.56. The zero-order valence-electron chi connectivity index (χ0n) is 12.1. The average Bonchev–Trinajstić information content (AvgIpc) is 2.48. The maximum absolute atomic E-state index is 13.5. The highest BCUT2D eigenvalue weighted by atomic mass is 35.5. The highest BCUT2D eigenvalue weighted by Gasteiger charge is 2.14. The lowest BCUT2D eigenvalue weighted by Gasteiger charge is -2.21. The molecule has 0 saturated heterocycles. The molecule has 2 rings (SSSR count). The Morgan fingerprint density at radius 3 is 2.48 bits per heavy atom. The summed E-state index contributed by atoms with van der Waals surface area (Å²) in [6, 6.07) is 14.7. The maximum atomic E-state index is 13.5. The molecule has 112 valence electrons. The van der Waals surface area contributed by atoms with Crippen molar-refractivity contribution in [2.45, 2.75) is 26.0 Å². The SMILES string of the molecule is CC(C)NCC(Oc1ccc(Cl)c(F)c1)c1ccccc1. The third kappa shape index (κ3) is 4.73. The number of nitrogens with one attached hydrogen (secondary N) is 1. The number of hydrogen-bond donors (Lipinski definition) is 1. The number of halogens is 2. The predicted octanol–water partition coefficient (Wildman–Crippen LogP) is 4.60. The van der Waals surface area contributed by atoms with Crippen LogP contribution in [0.15, 0.2) is 48.5 Å². The van der Waals surface area contributed by atoms with Crippen LogP contribution in [0.1, 0.15) is 25.5 Å². The fourth-order valence-corrected chi connectivity index (χ4v) is 2.07. The van der Waals surface area contributed by atoms with Crippen molar-refractivity contribution in [2.75, 3.05) is 6.54 Å². The number of benzene rings is 2. The number of hydrogen-bond acceptors (Lipinski definition) is 2. The maximum Gasteiger partial charge on any atom is 0.145 e. The van der Waals surface area contributed by atoms with E-state index < -0.39 is 5.82 Å². The van der Waals surface area contributed by atoms with Crippen LogP contribution in [-0.4, -0.2) is 12.6 Å². The molecule has 1 unspecified atom stereocenters. The van der Waals surface area contributed by atoms with Gasteiger partial charge in [0, 0.05) is 18.7 Å². The smallest absolute Gasteiger partial charge is 0.145 e. The molecule has 0 aromatic heterocycles. The van der Waals surface area contributed by atoms with E-state index in [0.29, 0.717) is 18.3 Å². The number of rotatable bonds is 6. The summed E-state index contributed by atoms with van der Waals surface area (Å²) in [6.45, 7) is 4.79. The van der Waals surface area contributed by atoms with Gasteiger partial charge in [-0.2, -0.15) is 0 Å². The Morgan fingerprint density at radius 2 is 1.86 bits per heavy atom. The zero-order valence-corrected chi connectivity index (χ0v) is 12.9. The predicted molar refractivity (Wildman–Crippen MR) is 84.4 cm³/mol. The Balaban J connectivity index is 2.17. The summed E-state index contributed by atoms with van der Waals surface area (Å²) in [4.78, 5) is 0. The molecule has 1 atom stereocenters. The van der Waals surface area contributed by atoms with Gasteiger partial charge in [-0.25, -0.2) is 4.39 Å². The van der Waals surface area contributed by atoms with Crippen LogP contribution in [0, 0.1) is 5.82 Å². The molecular formula is C17H19ClFNO. The molecule has 0 radical (unpaired) electrons. The van der Waals surface area contributed by atoms with Crippen LogP contribution in [0.4, 0.5) is 4.39 Å². The third-order valence-corrected chi connectivity index (χ3v) is 3.36. The van der Waals surface area contributed by atoms with Crippen molar-refractivity contribution in [1.29, 1.82) is 0 Å². The fourth-order valence-electron chi connectivity index (χ4n) is 1.95. The lowest BCUT2D eigenvalue weighted by molar-refractivity contribution is 0.197. The Hall–Kier alpha value is -1.58. The molecule has 4 heteroatoms. The largest absolute Gasteiger partial charge is 0.484 e. The lowest BCUT2D eigenvalue weighted by atomic mass is 10.1. The molecule has 2 aromatic rings. The van der Waals surface area contributed by atoms with Gasteiger partial charge in [0.05, 0.1) is 5.02 Å². The fraction of sp³-hybridized carbons (Fsp3) is 0.294. The second kappa shape index (κ2) is 7.43. The van der Waals surface area contributed by atoms with Crippen molar-refractivity contribution in [3.05, 3.63) is 64.9 Å². The molecule has 0 fully saturated rings. The normalized spacial score (nSPS) is 12.4. The number of ether oxygens (including phenoxy) is 1. The molecule has 0 amide bonds. The second-order valence-electron chi connectivity index (χ2n) is 5.16. The molecule has 0 saturated carbocycles. The van der Waals surface area contributed by atoms with E-state index in [9.17, 15) is 4.39 Å². The highest BCUT2D eigenvalue weighted by Crippen LogP contribution is 2.25. The molecule has 0 bridgehead atoms. The van der Waals surface area contributed by atoms with Gasteiger partial charge in [0.1, 0.15) is 17.7 Å². The van der Waals surface area contributed by atoms with Crippen LogP contribution >= 0.6 is 11.6 Å². The van der Waals surface area contributed by atoms with Crippen LogP contribution in [0.3, 0.4) is 0 Å². The summed E-state index contributed by atoms with van der Waals surface area (Å²) in [5.41, 5.74) is 1.04. The summed E-state index contributed by atoms with van der Waals surface area (Å²) in [7, 11) is 0. The summed E-state index contributed by atoms with van der Waals surface area (Å²) in [6.07, 6.45) is -0.186. The molecule has 0 aliphatic heterocycles. The van der Waals surface area contributed by atoms with Crippen molar-refractivity contribution in [3.63, 3.8) is 0 Å². The molecule has 0 spiro atoms. The summed E-state index contributed by atoms with van der Waals surface area (Å²) in [5.74, 6) is -0.00546. The van der Waals surface area contributed by atoms with Gasteiger partial charge in [-0.3, -0.25) is 0 Å². The highest BCUT2D eigenvalue weighted by molar-refractivity contribution is 6.30. The van der Waals surface area contributed by atoms with Gasteiger partial charge in [0.2, 0.25) is 0 Å². The van der Waals surface area contributed by atoms with Crippen molar-refractivity contribution in [1.82, 2.24) is 5.32 Å². The molecule has 2 aromatic carbocycles. The van der Waals surface area contributed by atoms with E-state index in [1.54, 1.807) is 6.07 Å². The summed E-state index contributed by atoms with van der Waals surface area (Å²) in [5, 5.41) is 3.44. The lowest BCUT2D eigenvalue weighted by Crippen LogP contribution is -2.30. The minimum absolute atomic E-state index is 0.0962. The van der Waals surface area contributed by atoms with Crippen LogP contribution in [0.5, 0.6) is 5.75 Å². The average molecular weight is 308 g/mol. The van der Waals surface area contributed by atoms with E-state index in [-0.39, 0.29) is 11.1 Å². The molecule has 21 heavy (non-hydrogen) atoms. The Kier molecular flexibility index (Phi) is 5.59. The molecular weight excluding hydrogens is 289 g/mol. The molecule has 1 N–H and O–H groups in total.